The summed E-state index contributed by atoms with van der Waals surface area (Å²) in [6.07, 6.45) is 5.53. The van der Waals surface area contributed by atoms with Crippen molar-refractivity contribution in [3.63, 3.8) is 0 Å². The van der Waals surface area contributed by atoms with Crippen LogP contribution < -0.4 is 4.90 Å². The van der Waals surface area contributed by atoms with Crippen LogP contribution in [0.25, 0.3) is 5.65 Å². The molecule has 2 aromatic heterocycles. The number of carbonyl (C=O) groups is 1. The number of carbonyl (C=O) groups excluding carboxylic acids is 1. The zero-order valence-electron chi connectivity index (χ0n) is 11.4. The van der Waals surface area contributed by atoms with E-state index in [1.165, 1.54) is 12.8 Å². The number of pyridine rings is 1. The largest absolute Gasteiger partial charge is 0.352 e. The van der Waals surface area contributed by atoms with E-state index in [0.717, 1.165) is 50.0 Å². The molecule has 5 nitrogen and oxygen atoms in total. The Kier molecular flexibility index (Phi) is 2.73. The Morgan fingerprint density at radius 3 is 2.65 bits per heavy atom. The molecule has 0 atom stereocenters. The quantitative estimate of drug-likeness (QED) is 0.791. The van der Waals surface area contributed by atoms with Crippen LogP contribution >= 0.6 is 0 Å². The average Bonchev–Trinajstić information content (AvgIpc) is 3.28. The monoisotopic (exact) mass is 270 g/mol. The Morgan fingerprint density at radius 1 is 1.15 bits per heavy atom. The van der Waals surface area contributed by atoms with E-state index in [1.807, 2.05) is 28.8 Å². The standard InChI is InChI=1S/C15H18N4O/c20-11-13-15(16-14-3-1-2-6-19(13)14)18-9-7-17(8-10-18)12-4-5-12/h1-3,6,11-12H,4-5,7-10H2. The van der Waals surface area contributed by atoms with Gasteiger partial charge in [-0.25, -0.2) is 4.98 Å². The van der Waals surface area contributed by atoms with Gasteiger partial charge in [0.05, 0.1) is 0 Å². The highest BCUT2D eigenvalue weighted by Crippen LogP contribution is 2.29. The molecule has 0 radical (unpaired) electrons. The highest BCUT2D eigenvalue weighted by molar-refractivity contribution is 5.83. The smallest absolute Gasteiger partial charge is 0.170 e. The SMILES string of the molecule is O=Cc1c(N2CCN(C3CC3)CC2)nc2ccccn12. The van der Waals surface area contributed by atoms with Gasteiger partial charge in [-0.05, 0) is 25.0 Å². The second kappa shape index (κ2) is 4.59. The normalized spacial score (nSPS) is 20.5. The molecule has 0 unspecified atom stereocenters. The van der Waals surface area contributed by atoms with Gasteiger partial charge < -0.3 is 4.90 Å². The van der Waals surface area contributed by atoms with E-state index in [-0.39, 0.29) is 0 Å². The van der Waals surface area contributed by atoms with Crippen molar-refractivity contribution < 1.29 is 4.79 Å². The number of fused-ring (bicyclic) bond motifs is 1. The van der Waals surface area contributed by atoms with Crippen LogP contribution in [0.1, 0.15) is 23.3 Å². The highest BCUT2D eigenvalue weighted by Gasteiger charge is 2.32. The molecule has 0 amide bonds. The zero-order valence-corrected chi connectivity index (χ0v) is 11.4. The van der Waals surface area contributed by atoms with Gasteiger partial charge in [0.2, 0.25) is 0 Å². The number of hydrogen-bond acceptors (Lipinski definition) is 4. The van der Waals surface area contributed by atoms with E-state index in [2.05, 4.69) is 14.8 Å². The number of hydrogen-bond donors (Lipinski definition) is 0. The van der Waals surface area contributed by atoms with Crippen molar-refractivity contribution in [1.82, 2.24) is 14.3 Å². The Hall–Kier alpha value is -1.88. The van der Waals surface area contributed by atoms with Crippen molar-refractivity contribution in [3.8, 4) is 0 Å². The maximum Gasteiger partial charge on any atom is 0.170 e. The molecule has 0 bridgehead atoms. The Morgan fingerprint density at radius 2 is 1.95 bits per heavy atom. The summed E-state index contributed by atoms with van der Waals surface area (Å²) in [5.41, 5.74) is 1.51. The third-order valence-electron chi connectivity index (χ3n) is 4.34. The van der Waals surface area contributed by atoms with E-state index < -0.39 is 0 Å². The zero-order chi connectivity index (χ0) is 13.5. The predicted octanol–water partition coefficient (Wildman–Crippen LogP) is 1.43. The van der Waals surface area contributed by atoms with Gasteiger partial charge in [0.1, 0.15) is 11.3 Å². The molecular formula is C15H18N4O. The summed E-state index contributed by atoms with van der Waals surface area (Å²) in [4.78, 5) is 20.9. The summed E-state index contributed by atoms with van der Waals surface area (Å²) < 4.78 is 1.87. The molecule has 2 aliphatic rings. The molecule has 1 aliphatic carbocycles. The topological polar surface area (TPSA) is 40.9 Å². The number of aromatic nitrogens is 2. The van der Waals surface area contributed by atoms with Crippen LogP contribution in [-0.4, -0.2) is 52.8 Å². The fourth-order valence-corrected chi connectivity index (χ4v) is 3.08. The lowest BCUT2D eigenvalue weighted by Crippen LogP contribution is -2.47. The number of aldehydes is 1. The molecule has 3 heterocycles. The highest BCUT2D eigenvalue weighted by atomic mass is 16.1. The van der Waals surface area contributed by atoms with Gasteiger partial charge in [-0.15, -0.1) is 0 Å². The number of nitrogens with zero attached hydrogens (tertiary/aromatic N) is 4. The van der Waals surface area contributed by atoms with Crippen LogP contribution in [0.2, 0.25) is 0 Å². The van der Waals surface area contributed by atoms with E-state index in [1.54, 1.807) is 0 Å². The fraction of sp³-hybridized carbons (Fsp3) is 0.467. The van der Waals surface area contributed by atoms with Crippen LogP contribution in [0, 0.1) is 0 Å². The molecule has 0 N–H and O–H groups in total. The molecule has 5 heteroatoms. The molecular weight excluding hydrogens is 252 g/mol. The molecule has 1 saturated heterocycles. The van der Waals surface area contributed by atoms with Crippen LogP contribution in [0.15, 0.2) is 24.4 Å². The lowest BCUT2D eigenvalue weighted by atomic mass is 10.3. The number of anilines is 1. The summed E-state index contributed by atoms with van der Waals surface area (Å²) in [7, 11) is 0. The minimum Gasteiger partial charge on any atom is -0.352 e. The van der Waals surface area contributed by atoms with Crippen molar-refractivity contribution in [3.05, 3.63) is 30.1 Å². The number of piperazine rings is 1. The van der Waals surface area contributed by atoms with Gasteiger partial charge in [0, 0.05) is 38.4 Å². The average molecular weight is 270 g/mol. The van der Waals surface area contributed by atoms with Gasteiger partial charge in [0.15, 0.2) is 12.1 Å². The molecule has 4 rings (SSSR count). The molecule has 1 aliphatic heterocycles. The summed E-state index contributed by atoms with van der Waals surface area (Å²) in [6.45, 7) is 4.08. The molecule has 20 heavy (non-hydrogen) atoms. The van der Waals surface area contributed by atoms with Gasteiger partial charge in [-0.1, -0.05) is 6.07 Å². The fourth-order valence-electron chi connectivity index (χ4n) is 3.08. The molecule has 0 spiro atoms. The lowest BCUT2D eigenvalue weighted by molar-refractivity contribution is 0.111. The minimum atomic E-state index is 0.667. The van der Waals surface area contributed by atoms with E-state index in [4.69, 9.17) is 0 Å². The van der Waals surface area contributed by atoms with Crippen molar-refractivity contribution >= 4 is 17.8 Å². The lowest BCUT2D eigenvalue weighted by Gasteiger charge is -2.35. The van der Waals surface area contributed by atoms with Crippen LogP contribution in [-0.2, 0) is 0 Å². The maximum absolute atomic E-state index is 11.4. The van der Waals surface area contributed by atoms with E-state index >= 15 is 0 Å². The third-order valence-corrected chi connectivity index (χ3v) is 4.34. The Bertz CT molecular complexity index is 638. The second-order valence-corrected chi connectivity index (χ2v) is 5.62. The van der Waals surface area contributed by atoms with Crippen molar-refractivity contribution in [2.24, 2.45) is 0 Å². The Balaban J connectivity index is 1.63. The summed E-state index contributed by atoms with van der Waals surface area (Å²) >= 11 is 0. The first kappa shape index (κ1) is 11.9. The van der Waals surface area contributed by atoms with Gasteiger partial charge in [-0.3, -0.25) is 14.1 Å². The Labute approximate surface area is 117 Å². The van der Waals surface area contributed by atoms with Gasteiger partial charge >= 0.3 is 0 Å². The first-order valence-electron chi connectivity index (χ1n) is 7.28. The molecule has 2 aromatic rings. The van der Waals surface area contributed by atoms with Crippen LogP contribution in [0.4, 0.5) is 5.82 Å². The summed E-state index contributed by atoms with van der Waals surface area (Å²) in [5.74, 6) is 0.835. The van der Waals surface area contributed by atoms with Crippen LogP contribution in [0.3, 0.4) is 0 Å². The van der Waals surface area contributed by atoms with Gasteiger partial charge in [0.25, 0.3) is 0 Å². The van der Waals surface area contributed by atoms with E-state index in [0.29, 0.717) is 5.69 Å². The summed E-state index contributed by atoms with van der Waals surface area (Å²) in [5, 5.41) is 0. The predicted molar refractivity (Wildman–Crippen MR) is 77.4 cm³/mol. The number of imidazole rings is 1. The minimum absolute atomic E-state index is 0.667. The molecule has 2 fully saturated rings. The van der Waals surface area contributed by atoms with E-state index in [9.17, 15) is 4.79 Å². The van der Waals surface area contributed by atoms with Crippen molar-refractivity contribution in [2.75, 3.05) is 31.1 Å². The molecule has 104 valence electrons. The third kappa shape index (κ3) is 1.89. The first-order chi connectivity index (χ1) is 9.86. The second-order valence-electron chi connectivity index (χ2n) is 5.62. The summed E-state index contributed by atoms with van der Waals surface area (Å²) in [6, 6.07) is 6.64. The maximum atomic E-state index is 11.4. The van der Waals surface area contributed by atoms with Crippen molar-refractivity contribution in [1.29, 1.82) is 0 Å². The molecule has 1 saturated carbocycles. The van der Waals surface area contributed by atoms with Crippen molar-refractivity contribution in [2.45, 2.75) is 18.9 Å². The van der Waals surface area contributed by atoms with Gasteiger partial charge in [-0.2, -0.15) is 0 Å². The first-order valence-corrected chi connectivity index (χ1v) is 7.28. The van der Waals surface area contributed by atoms with Crippen LogP contribution in [0.5, 0.6) is 0 Å². The number of rotatable bonds is 3. The molecule has 0 aromatic carbocycles.